The van der Waals surface area contributed by atoms with Gasteiger partial charge in [0.15, 0.2) is 0 Å². The van der Waals surface area contributed by atoms with Gasteiger partial charge in [-0.1, -0.05) is 48.0 Å². The number of hydrogen-bond acceptors (Lipinski definition) is 7. The number of carboxylic acids is 4. The minimum Gasteiger partial charge on any atom is -0.473 e. The lowest BCUT2D eigenvalue weighted by Gasteiger charge is -2.39. The van der Waals surface area contributed by atoms with Crippen molar-refractivity contribution < 1.29 is 48.8 Å². The minimum atomic E-state index is -1.82. The number of rotatable bonds is 6. The summed E-state index contributed by atoms with van der Waals surface area (Å²) in [5, 5.41) is 33.2. The summed E-state index contributed by atoms with van der Waals surface area (Å²) in [7, 11) is 0. The number of carboxylic acid groups (broad SMARTS) is 4. The zero-order chi connectivity index (χ0) is 29.8. The molecule has 0 bridgehead atoms. The van der Waals surface area contributed by atoms with E-state index in [4.69, 9.17) is 51.2 Å². The summed E-state index contributed by atoms with van der Waals surface area (Å²) in [6.45, 7) is 3.53. The molecule has 1 saturated carbocycles. The van der Waals surface area contributed by atoms with E-state index in [-0.39, 0.29) is 17.8 Å². The normalized spacial score (nSPS) is 15.8. The largest absolute Gasteiger partial charge is 0.473 e. The Bertz CT molecular complexity index is 1130. The number of piperazine rings is 1. The summed E-state index contributed by atoms with van der Waals surface area (Å²) in [4.78, 5) is 53.7. The van der Waals surface area contributed by atoms with Crippen LogP contribution >= 0.6 is 11.6 Å². The van der Waals surface area contributed by atoms with Gasteiger partial charge in [-0.05, 0) is 30.5 Å². The van der Waals surface area contributed by atoms with Crippen LogP contribution in [-0.4, -0.2) is 92.2 Å². The number of hydrogen-bond donors (Lipinski definition) is 5. The van der Waals surface area contributed by atoms with Crippen LogP contribution in [0.5, 0.6) is 0 Å². The van der Waals surface area contributed by atoms with E-state index in [9.17, 15) is 9.18 Å². The zero-order valence-electron chi connectivity index (χ0n) is 21.2. The van der Waals surface area contributed by atoms with Crippen LogP contribution < -0.4 is 5.32 Å². The number of carbonyl (C=O) groups excluding carboxylic acids is 1. The standard InChI is InChI=1S/C22H25ClFN3O.2C2H2O4/c23-19-7-4-8-20(24)18(19)15-26-11-13-27(14-12-26)21(16-5-2-1-3-6-16)22(28)25-17-9-10-17;2*3-1(4)2(5)6/h1-8,17,21H,9-15H2,(H,25,28);2*(H,3,4)(H,5,6). The number of halogens is 2. The first-order chi connectivity index (χ1) is 18.9. The number of aliphatic carboxylic acids is 4. The Kier molecular flexibility index (Phi) is 12.5. The summed E-state index contributed by atoms with van der Waals surface area (Å²) in [6, 6.07) is 14.8. The molecule has 0 aromatic heterocycles. The molecule has 4 rings (SSSR count). The highest BCUT2D eigenvalue weighted by molar-refractivity contribution is 6.31. The van der Waals surface area contributed by atoms with Crippen LogP contribution in [0.2, 0.25) is 5.02 Å². The van der Waals surface area contributed by atoms with Crippen molar-refractivity contribution in [2.24, 2.45) is 0 Å². The molecule has 1 amide bonds. The third kappa shape index (κ3) is 10.6. The predicted octanol–water partition coefficient (Wildman–Crippen LogP) is 1.93. The second-order valence-electron chi connectivity index (χ2n) is 8.83. The summed E-state index contributed by atoms with van der Waals surface area (Å²) in [6.07, 6.45) is 2.15. The monoisotopic (exact) mass is 581 g/mol. The number of nitrogens with zero attached hydrogens (tertiary/aromatic N) is 2. The Balaban J connectivity index is 0.000000393. The number of carbonyl (C=O) groups is 5. The zero-order valence-corrected chi connectivity index (χ0v) is 22.0. The molecule has 1 aliphatic heterocycles. The maximum Gasteiger partial charge on any atom is 0.414 e. The van der Waals surface area contributed by atoms with E-state index in [2.05, 4.69) is 15.1 Å². The molecule has 2 fully saturated rings. The Labute approximate surface area is 233 Å². The molecular weight excluding hydrogens is 553 g/mol. The van der Waals surface area contributed by atoms with Gasteiger partial charge < -0.3 is 25.7 Å². The lowest BCUT2D eigenvalue weighted by Crippen LogP contribution is -2.51. The first-order valence-corrected chi connectivity index (χ1v) is 12.5. The van der Waals surface area contributed by atoms with Crippen molar-refractivity contribution in [3.05, 3.63) is 70.5 Å². The Morgan fingerprint density at radius 1 is 0.825 bits per heavy atom. The fourth-order valence-corrected chi connectivity index (χ4v) is 3.98. The molecular formula is C26H29ClFN3O9. The quantitative estimate of drug-likeness (QED) is 0.314. The topological polar surface area (TPSA) is 185 Å². The number of benzene rings is 2. The van der Waals surface area contributed by atoms with Crippen molar-refractivity contribution in [1.29, 1.82) is 0 Å². The summed E-state index contributed by atoms with van der Waals surface area (Å²) < 4.78 is 14.1. The fraction of sp³-hybridized carbons (Fsp3) is 0.346. The van der Waals surface area contributed by atoms with E-state index in [0.29, 0.717) is 23.2 Å². The highest BCUT2D eigenvalue weighted by Crippen LogP contribution is 2.27. The number of amides is 1. The molecule has 14 heteroatoms. The molecule has 1 atom stereocenters. The fourth-order valence-electron chi connectivity index (χ4n) is 3.76. The van der Waals surface area contributed by atoms with E-state index < -0.39 is 23.9 Å². The van der Waals surface area contributed by atoms with Gasteiger partial charge in [0, 0.05) is 49.4 Å². The van der Waals surface area contributed by atoms with Crippen molar-refractivity contribution in [3.8, 4) is 0 Å². The van der Waals surface area contributed by atoms with Gasteiger partial charge in [0.25, 0.3) is 0 Å². The van der Waals surface area contributed by atoms with Crippen molar-refractivity contribution in [3.63, 3.8) is 0 Å². The van der Waals surface area contributed by atoms with Gasteiger partial charge in [0.2, 0.25) is 5.91 Å². The Morgan fingerprint density at radius 2 is 1.35 bits per heavy atom. The highest BCUT2D eigenvalue weighted by Gasteiger charge is 2.33. The second-order valence-corrected chi connectivity index (χ2v) is 9.24. The van der Waals surface area contributed by atoms with Crippen molar-refractivity contribution >= 4 is 41.4 Å². The third-order valence-electron chi connectivity index (χ3n) is 5.87. The van der Waals surface area contributed by atoms with Crippen LogP contribution in [0, 0.1) is 5.82 Å². The summed E-state index contributed by atoms with van der Waals surface area (Å²) in [5.41, 5.74) is 1.56. The molecule has 2 aliphatic rings. The summed E-state index contributed by atoms with van der Waals surface area (Å²) in [5.74, 6) is -7.48. The molecule has 0 spiro atoms. The Hall–Kier alpha value is -4.07. The molecule has 1 saturated heterocycles. The van der Waals surface area contributed by atoms with Crippen LogP contribution in [0.1, 0.15) is 30.0 Å². The van der Waals surface area contributed by atoms with Crippen molar-refractivity contribution in [2.75, 3.05) is 26.2 Å². The second kappa shape index (κ2) is 15.5. The van der Waals surface area contributed by atoms with E-state index >= 15 is 0 Å². The summed E-state index contributed by atoms with van der Waals surface area (Å²) >= 11 is 6.17. The van der Waals surface area contributed by atoms with Gasteiger partial charge >= 0.3 is 23.9 Å². The molecule has 12 nitrogen and oxygen atoms in total. The SMILES string of the molecule is O=C(NC1CC1)C(c1ccccc1)N1CCN(Cc2c(F)cccc2Cl)CC1.O=C(O)C(=O)O.O=C(O)C(=O)O. The molecule has 1 aliphatic carbocycles. The van der Waals surface area contributed by atoms with Crippen LogP contribution in [-0.2, 0) is 30.5 Å². The van der Waals surface area contributed by atoms with E-state index in [1.165, 1.54) is 6.07 Å². The van der Waals surface area contributed by atoms with Crippen LogP contribution in [0.4, 0.5) is 4.39 Å². The molecule has 40 heavy (non-hydrogen) atoms. The van der Waals surface area contributed by atoms with Gasteiger partial charge in [-0.25, -0.2) is 23.6 Å². The first kappa shape index (κ1) is 32.1. The van der Waals surface area contributed by atoms with E-state index in [1.54, 1.807) is 12.1 Å². The molecule has 2 aromatic carbocycles. The number of nitrogens with one attached hydrogen (secondary N) is 1. The minimum absolute atomic E-state index is 0.0827. The van der Waals surface area contributed by atoms with Gasteiger partial charge in [0.1, 0.15) is 11.9 Å². The van der Waals surface area contributed by atoms with Crippen LogP contribution in [0.3, 0.4) is 0 Å². The average Bonchev–Trinajstić information content (AvgIpc) is 3.72. The van der Waals surface area contributed by atoms with Crippen molar-refractivity contribution in [1.82, 2.24) is 15.1 Å². The third-order valence-corrected chi connectivity index (χ3v) is 6.22. The van der Waals surface area contributed by atoms with Gasteiger partial charge in [-0.3, -0.25) is 14.6 Å². The molecule has 2 aromatic rings. The van der Waals surface area contributed by atoms with Gasteiger partial charge in [-0.2, -0.15) is 0 Å². The smallest absolute Gasteiger partial charge is 0.414 e. The first-order valence-electron chi connectivity index (χ1n) is 12.1. The van der Waals surface area contributed by atoms with Crippen LogP contribution in [0.25, 0.3) is 0 Å². The highest BCUT2D eigenvalue weighted by atomic mass is 35.5. The van der Waals surface area contributed by atoms with Gasteiger partial charge in [-0.15, -0.1) is 0 Å². The Morgan fingerprint density at radius 3 is 1.80 bits per heavy atom. The van der Waals surface area contributed by atoms with Crippen LogP contribution in [0.15, 0.2) is 48.5 Å². The molecule has 1 heterocycles. The average molecular weight is 582 g/mol. The van der Waals surface area contributed by atoms with Gasteiger partial charge in [0.05, 0.1) is 0 Å². The molecule has 216 valence electrons. The van der Waals surface area contributed by atoms with E-state index in [0.717, 1.165) is 44.6 Å². The molecule has 5 N–H and O–H groups in total. The maximum absolute atomic E-state index is 14.1. The lowest BCUT2D eigenvalue weighted by molar-refractivity contribution is -0.159. The molecule has 0 radical (unpaired) electrons. The predicted molar refractivity (Wildman–Crippen MR) is 139 cm³/mol. The lowest BCUT2D eigenvalue weighted by atomic mass is 10.0. The van der Waals surface area contributed by atoms with E-state index in [1.807, 2.05) is 30.3 Å². The van der Waals surface area contributed by atoms with Crippen molar-refractivity contribution in [2.45, 2.75) is 31.5 Å². The molecule has 1 unspecified atom stereocenters. The maximum atomic E-state index is 14.1.